The van der Waals surface area contributed by atoms with Gasteiger partial charge in [-0.3, -0.25) is 11.3 Å². The zero-order valence-corrected chi connectivity index (χ0v) is 8.45. The van der Waals surface area contributed by atoms with Gasteiger partial charge < -0.3 is 9.47 Å². The predicted octanol–water partition coefficient (Wildman–Crippen LogP) is 0.280. The first kappa shape index (κ1) is 10.9. The lowest BCUT2D eigenvalue weighted by Gasteiger charge is -2.32. The van der Waals surface area contributed by atoms with Crippen molar-refractivity contribution in [3.8, 4) is 0 Å². The van der Waals surface area contributed by atoms with Gasteiger partial charge in [0, 0.05) is 26.4 Å². The molecule has 0 amide bonds. The molecule has 4 nitrogen and oxygen atoms in total. The Kier molecular flexibility index (Phi) is 4.66. The van der Waals surface area contributed by atoms with Crippen LogP contribution in [-0.2, 0) is 9.47 Å². The maximum absolute atomic E-state index is 5.51. The Labute approximate surface area is 79.7 Å². The summed E-state index contributed by atoms with van der Waals surface area (Å²) in [4.78, 5) is 0. The second-order valence-electron chi connectivity index (χ2n) is 3.58. The number of hydrazine groups is 1. The molecule has 0 bridgehead atoms. The highest BCUT2D eigenvalue weighted by atomic mass is 16.5. The van der Waals surface area contributed by atoms with Crippen LogP contribution in [-0.4, -0.2) is 32.5 Å². The molecule has 1 aliphatic heterocycles. The van der Waals surface area contributed by atoms with Crippen molar-refractivity contribution in [3.63, 3.8) is 0 Å². The van der Waals surface area contributed by atoms with E-state index in [0.717, 1.165) is 26.1 Å². The summed E-state index contributed by atoms with van der Waals surface area (Å²) in [6.07, 6.45) is 2.30. The molecule has 0 aromatic heterocycles. The molecule has 78 valence electrons. The lowest BCUT2D eigenvalue weighted by atomic mass is 9.89. The molecular formula is C9H20N2O2. The molecule has 0 aliphatic carbocycles. The minimum absolute atomic E-state index is 0.160. The fourth-order valence-electron chi connectivity index (χ4n) is 1.88. The Morgan fingerprint density at radius 1 is 1.46 bits per heavy atom. The fraction of sp³-hybridized carbons (Fsp3) is 1.00. The van der Waals surface area contributed by atoms with Gasteiger partial charge in [0.05, 0.1) is 6.10 Å². The standard InChI is InChI=1S/C9H20N2O2/c1-7(12-2)9(11-10)8-3-5-13-6-4-8/h7-9,11H,3-6,10H2,1-2H3. The van der Waals surface area contributed by atoms with E-state index in [1.54, 1.807) is 7.11 Å². The SMILES string of the molecule is COC(C)C(NN)C1CCOCC1. The maximum Gasteiger partial charge on any atom is 0.0712 e. The zero-order chi connectivity index (χ0) is 9.68. The first-order valence-electron chi connectivity index (χ1n) is 4.86. The van der Waals surface area contributed by atoms with Gasteiger partial charge in [-0.25, -0.2) is 0 Å². The van der Waals surface area contributed by atoms with Gasteiger partial charge in [0.25, 0.3) is 0 Å². The third-order valence-electron chi connectivity index (χ3n) is 2.84. The monoisotopic (exact) mass is 188 g/mol. The van der Waals surface area contributed by atoms with Gasteiger partial charge in [-0.2, -0.15) is 0 Å². The summed E-state index contributed by atoms with van der Waals surface area (Å²) in [5.41, 5.74) is 2.84. The molecule has 1 rings (SSSR count). The van der Waals surface area contributed by atoms with Crippen LogP contribution < -0.4 is 11.3 Å². The number of methoxy groups -OCH3 is 1. The first-order chi connectivity index (χ1) is 6.29. The summed E-state index contributed by atoms with van der Waals surface area (Å²) in [5.74, 6) is 6.09. The van der Waals surface area contributed by atoms with Gasteiger partial charge in [0.15, 0.2) is 0 Å². The van der Waals surface area contributed by atoms with Crippen LogP contribution in [0.4, 0.5) is 0 Å². The molecule has 0 saturated carbocycles. The second kappa shape index (κ2) is 5.54. The molecule has 0 spiro atoms. The summed E-state index contributed by atoms with van der Waals surface area (Å²) in [5, 5.41) is 0. The van der Waals surface area contributed by atoms with Gasteiger partial charge in [0.2, 0.25) is 0 Å². The molecular weight excluding hydrogens is 168 g/mol. The van der Waals surface area contributed by atoms with E-state index in [1.807, 2.05) is 6.92 Å². The number of hydrogen-bond donors (Lipinski definition) is 2. The Bertz CT molecular complexity index is 138. The number of rotatable bonds is 4. The highest BCUT2D eigenvalue weighted by Crippen LogP contribution is 2.21. The number of hydrogen-bond acceptors (Lipinski definition) is 4. The number of ether oxygens (including phenoxy) is 2. The van der Waals surface area contributed by atoms with E-state index in [9.17, 15) is 0 Å². The van der Waals surface area contributed by atoms with E-state index in [1.165, 1.54) is 0 Å². The largest absolute Gasteiger partial charge is 0.381 e. The highest BCUT2D eigenvalue weighted by molar-refractivity contribution is 4.81. The molecule has 0 aromatic carbocycles. The molecule has 2 unspecified atom stereocenters. The lowest BCUT2D eigenvalue weighted by molar-refractivity contribution is 0.0105. The molecule has 2 atom stereocenters. The van der Waals surface area contributed by atoms with Crippen LogP contribution in [0.5, 0.6) is 0 Å². The van der Waals surface area contributed by atoms with Gasteiger partial charge in [0.1, 0.15) is 0 Å². The molecule has 1 saturated heterocycles. The van der Waals surface area contributed by atoms with Crippen molar-refractivity contribution < 1.29 is 9.47 Å². The lowest BCUT2D eigenvalue weighted by Crippen LogP contribution is -2.49. The third kappa shape index (κ3) is 2.91. The minimum atomic E-state index is 0.160. The van der Waals surface area contributed by atoms with E-state index < -0.39 is 0 Å². The smallest absolute Gasteiger partial charge is 0.0712 e. The molecule has 3 N–H and O–H groups in total. The average molecular weight is 188 g/mol. The molecule has 0 aromatic rings. The van der Waals surface area contributed by atoms with Crippen molar-refractivity contribution in [2.24, 2.45) is 11.8 Å². The van der Waals surface area contributed by atoms with E-state index in [4.69, 9.17) is 15.3 Å². The van der Waals surface area contributed by atoms with Crippen molar-refractivity contribution in [1.29, 1.82) is 0 Å². The molecule has 0 radical (unpaired) electrons. The molecule has 4 heteroatoms. The zero-order valence-electron chi connectivity index (χ0n) is 8.45. The second-order valence-corrected chi connectivity index (χ2v) is 3.58. The minimum Gasteiger partial charge on any atom is -0.381 e. The average Bonchev–Trinajstić information content (AvgIpc) is 2.20. The van der Waals surface area contributed by atoms with E-state index in [2.05, 4.69) is 5.43 Å². The summed E-state index contributed by atoms with van der Waals surface area (Å²) in [7, 11) is 1.72. The van der Waals surface area contributed by atoms with E-state index >= 15 is 0 Å². The quantitative estimate of drug-likeness (QED) is 0.491. The summed E-state index contributed by atoms with van der Waals surface area (Å²) in [6, 6.07) is 0.244. The van der Waals surface area contributed by atoms with Crippen molar-refractivity contribution in [3.05, 3.63) is 0 Å². The van der Waals surface area contributed by atoms with Crippen LogP contribution in [0.1, 0.15) is 19.8 Å². The normalized spacial score (nSPS) is 24.2. The van der Waals surface area contributed by atoms with Crippen LogP contribution in [0.2, 0.25) is 0 Å². The first-order valence-corrected chi connectivity index (χ1v) is 4.86. The predicted molar refractivity (Wildman–Crippen MR) is 51.1 cm³/mol. The van der Waals surface area contributed by atoms with Gasteiger partial charge >= 0.3 is 0 Å². The third-order valence-corrected chi connectivity index (χ3v) is 2.84. The van der Waals surface area contributed by atoms with Crippen LogP contribution >= 0.6 is 0 Å². The molecule has 1 heterocycles. The van der Waals surface area contributed by atoms with Gasteiger partial charge in [-0.05, 0) is 25.7 Å². The highest BCUT2D eigenvalue weighted by Gasteiger charge is 2.27. The van der Waals surface area contributed by atoms with Gasteiger partial charge in [-0.15, -0.1) is 0 Å². The topological polar surface area (TPSA) is 56.5 Å². The summed E-state index contributed by atoms with van der Waals surface area (Å²) < 4.78 is 10.6. The fourth-order valence-corrected chi connectivity index (χ4v) is 1.88. The molecule has 13 heavy (non-hydrogen) atoms. The summed E-state index contributed by atoms with van der Waals surface area (Å²) >= 11 is 0. The van der Waals surface area contributed by atoms with Crippen LogP contribution in [0.25, 0.3) is 0 Å². The van der Waals surface area contributed by atoms with Crippen LogP contribution in [0, 0.1) is 5.92 Å². The van der Waals surface area contributed by atoms with Crippen molar-refractivity contribution in [2.75, 3.05) is 20.3 Å². The van der Waals surface area contributed by atoms with Gasteiger partial charge in [-0.1, -0.05) is 0 Å². The van der Waals surface area contributed by atoms with Crippen molar-refractivity contribution in [2.45, 2.75) is 31.9 Å². The van der Waals surface area contributed by atoms with E-state index in [-0.39, 0.29) is 12.1 Å². The molecule has 1 fully saturated rings. The molecule has 1 aliphatic rings. The summed E-state index contributed by atoms with van der Waals surface area (Å²) in [6.45, 7) is 3.73. The van der Waals surface area contributed by atoms with E-state index in [0.29, 0.717) is 5.92 Å². The number of nitrogens with one attached hydrogen (secondary N) is 1. The van der Waals surface area contributed by atoms with Crippen molar-refractivity contribution in [1.82, 2.24) is 5.43 Å². The Balaban J connectivity index is 2.43. The Morgan fingerprint density at radius 3 is 2.54 bits per heavy atom. The van der Waals surface area contributed by atoms with Crippen LogP contribution in [0.15, 0.2) is 0 Å². The maximum atomic E-state index is 5.51. The van der Waals surface area contributed by atoms with Crippen LogP contribution in [0.3, 0.4) is 0 Å². The Hall–Kier alpha value is -0.160. The Morgan fingerprint density at radius 2 is 2.08 bits per heavy atom. The number of nitrogens with two attached hydrogens (primary N) is 1. The van der Waals surface area contributed by atoms with Crippen molar-refractivity contribution >= 4 is 0 Å².